The molecule has 0 saturated carbocycles. The second-order valence-corrected chi connectivity index (χ2v) is 9.43. The molecule has 4 aromatic rings. The minimum Gasteiger partial charge on any atom is -0.493 e. The van der Waals surface area contributed by atoms with Crippen molar-refractivity contribution in [3.63, 3.8) is 0 Å². The quantitative estimate of drug-likeness (QED) is 0.430. The number of aromatic amines is 1. The van der Waals surface area contributed by atoms with Crippen LogP contribution in [0.4, 0.5) is 5.82 Å². The predicted octanol–water partition coefficient (Wildman–Crippen LogP) is 3.99. The molecule has 4 heterocycles. The maximum Gasteiger partial charge on any atom is 0.220 e. The van der Waals surface area contributed by atoms with E-state index in [1.165, 1.54) is 0 Å². The highest BCUT2D eigenvalue weighted by Crippen LogP contribution is 2.34. The second-order valence-electron chi connectivity index (χ2n) is 9.43. The van der Waals surface area contributed by atoms with Crippen LogP contribution < -0.4 is 19.7 Å². The Balaban J connectivity index is 1.28. The summed E-state index contributed by atoms with van der Waals surface area (Å²) in [5, 5.41) is 4.22. The van der Waals surface area contributed by atoms with Gasteiger partial charge in [0.05, 0.1) is 31.2 Å². The molecule has 2 N–H and O–H groups in total. The number of carbonyl (C=O) groups excluding carboxylic acids is 1. The van der Waals surface area contributed by atoms with Crippen LogP contribution in [0.5, 0.6) is 17.2 Å². The molecule has 37 heavy (non-hydrogen) atoms. The van der Waals surface area contributed by atoms with Crippen molar-refractivity contribution in [3.05, 3.63) is 72.2 Å². The minimum absolute atomic E-state index is 0.0105. The molecule has 0 aliphatic carbocycles. The molecule has 2 atom stereocenters. The van der Waals surface area contributed by atoms with E-state index in [2.05, 4.69) is 25.2 Å². The Morgan fingerprint density at radius 3 is 2.95 bits per heavy atom. The number of H-pyrrole nitrogens is 1. The number of anilines is 1. The van der Waals surface area contributed by atoms with Crippen LogP contribution in [0, 0.1) is 0 Å². The van der Waals surface area contributed by atoms with E-state index in [0.29, 0.717) is 43.2 Å². The van der Waals surface area contributed by atoms with Crippen LogP contribution in [-0.4, -0.2) is 53.2 Å². The molecule has 4 bridgehead atoms. The number of nitrogens with one attached hydrogen (secondary N) is 2. The van der Waals surface area contributed by atoms with Crippen LogP contribution in [0.2, 0.25) is 0 Å². The summed E-state index contributed by atoms with van der Waals surface area (Å²) >= 11 is 0. The van der Waals surface area contributed by atoms with Gasteiger partial charge in [0.25, 0.3) is 0 Å². The largest absolute Gasteiger partial charge is 0.493 e. The van der Waals surface area contributed by atoms with Gasteiger partial charge in [0.1, 0.15) is 23.5 Å². The van der Waals surface area contributed by atoms with Crippen molar-refractivity contribution < 1.29 is 19.0 Å². The molecule has 2 aliphatic rings. The molecular weight excluding hydrogens is 470 g/mol. The average Bonchev–Trinajstić information content (AvgIpc) is 3.40. The van der Waals surface area contributed by atoms with Crippen molar-refractivity contribution in [3.8, 4) is 17.2 Å². The van der Waals surface area contributed by atoms with Gasteiger partial charge in [0, 0.05) is 25.7 Å². The van der Waals surface area contributed by atoms with Crippen molar-refractivity contribution in [2.75, 3.05) is 25.1 Å². The fourth-order valence-corrected chi connectivity index (χ4v) is 5.09. The molecule has 2 aromatic carbocycles. The lowest BCUT2D eigenvalue weighted by atomic mass is 10.0. The summed E-state index contributed by atoms with van der Waals surface area (Å²) in [4.78, 5) is 27.3. The van der Waals surface area contributed by atoms with Crippen LogP contribution in [-0.2, 0) is 22.6 Å². The fourth-order valence-electron chi connectivity index (χ4n) is 5.09. The Labute approximate surface area is 214 Å². The van der Waals surface area contributed by atoms with Gasteiger partial charge in [-0.05, 0) is 54.3 Å². The normalized spacial score (nSPS) is 20.2. The first-order valence-electron chi connectivity index (χ1n) is 12.5. The number of methoxy groups -OCH3 is 1. The van der Waals surface area contributed by atoms with E-state index in [9.17, 15) is 4.79 Å². The zero-order valence-electron chi connectivity index (χ0n) is 20.6. The first kappa shape index (κ1) is 23.3. The SMILES string of the molecule is COc1ccc2cc1Oc1cccc(c1)CO[C@@H]1CCN(c3ncnc4[nH]ccc34)C[C@@H]1NC(=O)CC2. The zero-order chi connectivity index (χ0) is 25.2. The molecular formula is C28H29N5O4. The Morgan fingerprint density at radius 1 is 1.08 bits per heavy atom. The lowest BCUT2D eigenvalue weighted by Crippen LogP contribution is -2.56. The van der Waals surface area contributed by atoms with Gasteiger partial charge in [-0.15, -0.1) is 0 Å². The smallest absolute Gasteiger partial charge is 0.220 e. The van der Waals surface area contributed by atoms with E-state index in [1.807, 2.05) is 54.7 Å². The van der Waals surface area contributed by atoms with Gasteiger partial charge in [0.2, 0.25) is 5.91 Å². The van der Waals surface area contributed by atoms with E-state index in [-0.39, 0.29) is 18.1 Å². The van der Waals surface area contributed by atoms with Crippen LogP contribution in [0.1, 0.15) is 24.0 Å². The van der Waals surface area contributed by atoms with E-state index >= 15 is 0 Å². The van der Waals surface area contributed by atoms with Gasteiger partial charge in [-0.3, -0.25) is 4.79 Å². The number of carbonyl (C=O) groups is 1. The summed E-state index contributed by atoms with van der Waals surface area (Å²) in [5.74, 6) is 2.84. The molecule has 6 rings (SSSR count). The molecule has 0 radical (unpaired) electrons. The number of aromatic nitrogens is 3. The monoisotopic (exact) mass is 499 g/mol. The minimum atomic E-state index is -0.179. The molecule has 1 fully saturated rings. The number of rotatable bonds is 2. The fraction of sp³-hybridized carbons (Fsp3) is 0.321. The van der Waals surface area contributed by atoms with Gasteiger partial charge < -0.3 is 29.4 Å². The van der Waals surface area contributed by atoms with E-state index in [0.717, 1.165) is 40.9 Å². The number of nitrogens with zero attached hydrogens (tertiary/aromatic N) is 3. The summed E-state index contributed by atoms with van der Waals surface area (Å²) < 4.78 is 18.1. The van der Waals surface area contributed by atoms with Crippen LogP contribution in [0.3, 0.4) is 0 Å². The molecule has 190 valence electrons. The maximum atomic E-state index is 13.1. The Hall–Kier alpha value is -4.11. The third-order valence-electron chi connectivity index (χ3n) is 6.99. The van der Waals surface area contributed by atoms with Crippen molar-refractivity contribution >= 4 is 22.8 Å². The summed E-state index contributed by atoms with van der Waals surface area (Å²) in [6, 6.07) is 15.5. The number of ether oxygens (including phenoxy) is 3. The Morgan fingerprint density at radius 2 is 2.03 bits per heavy atom. The van der Waals surface area contributed by atoms with Crippen LogP contribution in [0.25, 0.3) is 11.0 Å². The van der Waals surface area contributed by atoms with Gasteiger partial charge in [-0.25, -0.2) is 9.97 Å². The maximum absolute atomic E-state index is 13.1. The molecule has 0 spiro atoms. The van der Waals surface area contributed by atoms with Crippen molar-refractivity contribution in [1.29, 1.82) is 0 Å². The van der Waals surface area contributed by atoms with Gasteiger partial charge >= 0.3 is 0 Å². The first-order valence-corrected chi connectivity index (χ1v) is 12.5. The molecule has 1 saturated heterocycles. The summed E-state index contributed by atoms with van der Waals surface area (Å²) in [5.41, 5.74) is 2.81. The Bertz CT molecular complexity index is 1420. The summed E-state index contributed by atoms with van der Waals surface area (Å²) in [6.45, 7) is 1.79. The number of amides is 1. The number of hydrogen-bond donors (Lipinski definition) is 2. The van der Waals surface area contributed by atoms with E-state index < -0.39 is 0 Å². The Kier molecular flexibility index (Phi) is 6.36. The van der Waals surface area contributed by atoms with E-state index in [1.54, 1.807) is 13.4 Å². The summed E-state index contributed by atoms with van der Waals surface area (Å²) in [6.07, 6.45) is 5.02. The topological polar surface area (TPSA) is 102 Å². The lowest BCUT2D eigenvalue weighted by Gasteiger charge is -2.39. The third-order valence-corrected chi connectivity index (χ3v) is 6.99. The number of fused-ring (bicyclic) bond motifs is 6. The molecule has 1 amide bonds. The van der Waals surface area contributed by atoms with Gasteiger partial charge in [-0.1, -0.05) is 18.2 Å². The predicted molar refractivity (Wildman–Crippen MR) is 139 cm³/mol. The number of benzene rings is 2. The zero-order valence-corrected chi connectivity index (χ0v) is 20.6. The highest BCUT2D eigenvalue weighted by Gasteiger charge is 2.32. The third kappa shape index (κ3) is 4.95. The molecule has 2 aliphatic heterocycles. The molecule has 2 aromatic heterocycles. The molecule has 9 heteroatoms. The standard InChI is InChI=1S/C28H29N5O4/c1-35-24-7-5-18-6-8-26(34)32-22-15-33(28-21-9-11-29-27(21)30-17-31-28)12-10-23(22)36-16-19-3-2-4-20(13-19)37-25(24)14-18/h2-5,7,9,11,13-14,17,22-23H,6,8,10,12,15-16H2,1H3,(H,32,34)(H,29,30,31)/t22-,23+/m0/s1. The highest BCUT2D eigenvalue weighted by atomic mass is 16.5. The number of piperidine rings is 1. The molecule has 9 nitrogen and oxygen atoms in total. The lowest BCUT2D eigenvalue weighted by molar-refractivity contribution is -0.123. The second kappa shape index (κ2) is 10.1. The van der Waals surface area contributed by atoms with Crippen molar-refractivity contribution in [2.24, 2.45) is 0 Å². The highest BCUT2D eigenvalue weighted by molar-refractivity contribution is 5.87. The average molecular weight is 500 g/mol. The van der Waals surface area contributed by atoms with Gasteiger partial charge in [-0.2, -0.15) is 0 Å². The number of aryl methyl sites for hydroxylation is 1. The first-order chi connectivity index (χ1) is 18.2. The summed E-state index contributed by atoms with van der Waals surface area (Å²) in [7, 11) is 1.62. The van der Waals surface area contributed by atoms with Crippen molar-refractivity contribution in [2.45, 2.75) is 38.0 Å². The number of hydrogen-bond acceptors (Lipinski definition) is 7. The van der Waals surface area contributed by atoms with E-state index in [4.69, 9.17) is 14.2 Å². The van der Waals surface area contributed by atoms with Crippen molar-refractivity contribution in [1.82, 2.24) is 20.3 Å². The van der Waals surface area contributed by atoms with Crippen LogP contribution in [0.15, 0.2) is 61.1 Å². The van der Waals surface area contributed by atoms with Gasteiger partial charge in [0.15, 0.2) is 11.5 Å². The van der Waals surface area contributed by atoms with Crippen LogP contribution >= 0.6 is 0 Å². The molecule has 0 unspecified atom stereocenters.